The lowest BCUT2D eigenvalue weighted by atomic mass is 10.0. The molecule has 21 heavy (non-hydrogen) atoms. The maximum atomic E-state index is 12.4. The summed E-state index contributed by atoms with van der Waals surface area (Å²) in [7, 11) is -1.66. The Labute approximate surface area is 127 Å². The van der Waals surface area contributed by atoms with Crippen molar-refractivity contribution in [3.63, 3.8) is 0 Å². The third-order valence-corrected chi connectivity index (χ3v) is 4.63. The van der Waals surface area contributed by atoms with Gasteiger partial charge in [0.2, 0.25) is 0 Å². The fourth-order valence-electron chi connectivity index (χ4n) is 1.82. The van der Waals surface area contributed by atoms with Gasteiger partial charge in [0.25, 0.3) is 0 Å². The molecule has 0 aromatic heterocycles. The van der Waals surface area contributed by atoms with Crippen molar-refractivity contribution >= 4 is 7.60 Å². The summed E-state index contributed by atoms with van der Waals surface area (Å²) in [6.45, 7) is 8.35. The zero-order chi connectivity index (χ0) is 15.9. The summed E-state index contributed by atoms with van der Waals surface area (Å²) in [5.41, 5.74) is 1.12. The number of benzene rings is 1. The lowest BCUT2D eigenvalue weighted by Gasteiger charge is -2.19. The highest BCUT2D eigenvalue weighted by Crippen LogP contribution is 2.48. The molecule has 0 aliphatic heterocycles. The van der Waals surface area contributed by atoms with Crippen LogP contribution in [0.2, 0.25) is 0 Å². The first kappa shape index (κ1) is 18.0. The number of hydrogen-bond acceptors (Lipinski definition) is 5. The summed E-state index contributed by atoms with van der Waals surface area (Å²) < 4.78 is 33.7. The van der Waals surface area contributed by atoms with Crippen molar-refractivity contribution in [2.45, 2.75) is 33.6 Å². The maximum absolute atomic E-state index is 12.4. The van der Waals surface area contributed by atoms with Crippen molar-refractivity contribution in [3.8, 4) is 11.5 Å². The fraction of sp³-hybridized carbons (Fsp3) is 0.600. The van der Waals surface area contributed by atoms with E-state index in [9.17, 15) is 4.57 Å². The van der Waals surface area contributed by atoms with Crippen LogP contribution < -0.4 is 9.47 Å². The van der Waals surface area contributed by atoms with Crippen molar-refractivity contribution in [2.24, 2.45) is 0 Å². The summed E-state index contributed by atoms with van der Waals surface area (Å²) in [6, 6.07) is 5.73. The van der Waals surface area contributed by atoms with Crippen LogP contribution in [0.25, 0.3) is 0 Å². The summed E-state index contributed by atoms with van der Waals surface area (Å²) in [6.07, 6.45) is -0.132. The molecule has 0 aliphatic rings. The Hall–Kier alpha value is -1.03. The molecular weight excluding hydrogens is 291 g/mol. The van der Waals surface area contributed by atoms with Crippen LogP contribution in [-0.2, 0) is 13.6 Å². The van der Waals surface area contributed by atoms with Crippen LogP contribution in [0.1, 0.15) is 39.2 Å². The largest absolute Gasteiger partial charge is 0.493 e. The van der Waals surface area contributed by atoms with Crippen LogP contribution in [0.5, 0.6) is 11.5 Å². The molecule has 5 nitrogen and oxygen atoms in total. The Bertz CT molecular complexity index is 477. The van der Waals surface area contributed by atoms with Crippen LogP contribution in [-0.4, -0.2) is 26.7 Å². The standard InChI is InChI=1S/C15H25O5P/c1-6-19-21(16,20-7-2)11-18-15-10-13(12(3)4)8-9-14(15)17-5/h8-10,12H,6-7,11H2,1-5H3. The first-order chi connectivity index (χ1) is 9.95. The van der Waals surface area contributed by atoms with Crippen LogP contribution in [0.15, 0.2) is 18.2 Å². The fourth-order valence-corrected chi connectivity index (χ4v) is 3.13. The van der Waals surface area contributed by atoms with E-state index in [4.69, 9.17) is 18.5 Å². The van der Waals surface area contributed by atoms with Crippen molar-refractivity contribution in [1.82, 2.24) is 0 Å². The molecule has 0 spiro atoms. The first-order valence-electron chi connectivity index (χ1n) is 7.14. The van der Waals surface area contributed by atoms with Crippen molar-refractivity contribution < 1.29 is 23.1 Å². The molecule has 0 saturated heterocycles. The predicted octanol–water partition coefficient (Wildman–Crippen LogP) is 4.42. The highest BCUT2D eigenvalue weighted by atomic mass is 31.2. The van der Waals surface area contributed by atoms with E-state index in [0.29, 0.717) is 30.6 Å². The zero-order valence-electron chi connectivity index (χ0n) is 13.4. The van der Waals surface area contributed by atoms with Crippen LogP contribution in [0.3, 0.4) is 0 Å². The van der Waals surface area contributed by atoms with Gasteiger partial charge in [0, 0.05) is 0 Å². The van der Waals surface area contributed by atoms with Gasteiger partial charge in [-0.15, -0.1) is 0 Å². The lowest BCUT2D eigenvalue weighted by molar-refractivity contribution is 0.195. The van der Waals surface area contributed by atoms with Gasteiger partial charge in [0.1, 0.15) is 0 Å². The van der Waals surface area contributed by atoms with E-state index >= 15 is 0 Å². The summed E-state index contributed by atoms with van der Waals surface area (Å²) >= 11 is 0. The Morgan fingerprint density at radius 1 is 1.10 bits per heavy atom. The van der Waals surface area contributed by atoms with Gasteiger partial charge in [-0.1, -0.05) is 19.9 Å². The molecule has 0 aliphatic carbocycles. The van der Waals surface area contributed by atoms with Crippen LogP contribution in [0, 0.1) is 0 Å². The average molecular weight is 316 g/mol. The number of hydrogen-bond donors (Lipinski definition) is 0. The van der Waals surface area contributed by atoms with Gasteiger partial charge in [-0.2, -0.15) is 0 Å². The van der Waals surface area contributed by atoms with E-state index in [1.165, 1.54) is 0 Å². The second-order valence-electron chi connectivity index (χ2n) is 4.78. The molecular formula is C15H25O5P. The van der Waals surface area contributed by atoms with Gasteiger partial charge < -0.3 is 18.5 Å². The molecule has 0 radical (unpaired) electrons. The summed E-state index contributed by atoms with van der Waals surface area (Å²) in [5, 5.41) is 0. The van der Waals surface area contributed by atoms with Gasteiger partial charge in [-0.25, -0.2) is 0 Å². The van der Waals surface area contributed by atoms with Crippen LogP contribution >= 0.6 is 7.60 Å². The topological polar surface area (TPSA) is 54.0 Å². The van der Waals surface area contributed by atoms with Gasteiger partial charge in [0.15, 0.2) is 17.8 Å². The molecule has 0 bridgehead atoms. The minimum atomic E-state index is -3.23. The molecule has 6 heteroatoms. The Morgan fingerprint density at radius 3 is 2.19 bits per heavy atom. The molecule has 1 aromatic carbocycles. The molecule has 1 aromatic rings. The van der Waals surface area contributed by atoms with E-state index in [1.807, 2.05) is 18.2 Å². The van der Waals surface area contributed by atoms with Crippen molar-refractivity contribution in [3.05, 3.63) is 23.8 Å². The number of methoxy groups -OCH3 is 1. The molecule has 0 fully saturated rings. The highest BCUT2D eigenvalue weighted by Gasteiger charge is 2.25. The Kier molecular flexibility index (Phi) is 7.23. The third kappa shape index (κ3) is 5.34. The highest BCUT2D eigenvalue weighted by molar-refractivity contribution is 7.53. The van der Waals surface area contributed by atoms with Crippen molar-refractivity contribution in [1.29, 1.82) is 0 Å². The third-order valence-electron chi connectivity index (χ3n) is 2.88. The molecule has 0 heterocycles. The Morgan fingerprint density at radius 2 is 1.71 bits per heavy atom. The Balaban J connectivity index is 2.90. The number of rotatable bonds is 9. The molecule has 1 rings (SSSR count). The number of ether oxygens (including phenoxy) is 2. The van der Waals surface area contributed by atoms with Gasteiger partial charge in [0.05, 0.1) is 20.3 Å². The maximum Gasteiger partial charge on any atom is 0.367 e. The monoisotopic (exact) mass is 316 g/mol. The SMILES string of the molecule is CCOP(=O)(COc1cc(C(C)C)ccc1OC)OCC. The second-order valence-corrected chi connectivity index (χ2v) is 6.78. The van der Waals surface area contributed by atoms with Crippen LogP contribution in [0.4, 0.5) is 0 Å². The smallest absolute Gasteiger partial charge is 0.367 e. The summed E-state index contributed by atoms with van der Waals surface area (Å²) in [4.78, 5) is 0. The van der Waals surface area contributed by atoms with Crippen molar-refractivity contribution in [2.75, 3.05) is 26.7 Å². The normalized spacial score (nSPS) is 11.7. The van der Waals surface area contributed by atoms with Gasteiger partial charge >= 0.3 is 7.60 Å². The quantitative estimate of drug-likeness (QED) is 0.631. The van der Waals surface area contributed by atoms with E-state index in [2.05, 4.69) is 13.8 Å². The molecule has 0 amide bonds. The minimum absolute atomic E-state index is 0.132. The van der Waals surface area contributed by atoms with E-state index < -0.39 is 7.60 Å². The van der Waals surface area contributed by atoms with E-state index in [-0.39, 0.29) is 6.35 Å². The average Bonchev–Trinajstić information content (AvgIpc) is 2.45. The second kappa shape index (κ2) is 8.42. The molecule has 0 unspecified atom stereocenters. The van der Waals surface area contributed by atoms with E-state index in [0.717, 1.165) is 5.56 Å². The van der Waals surface area contributed by atoms with Gasteiger partial charge in [-0.3, -0.25) is 4.57 Å². The van der Waals surface area contributed by atoms with Gasteiger partial charge in [-0.05, 0) is 37.5 Å². The molecule has 120 valence electrons. The first-order valence-corrected chi connectivity index (χ1v) is 8.87. The van der Waals surface area contributed by atoms with E-state index in [1.54, 1.807) is 21.0 Å². The lowest BCUT2D eigenvalue weighted by Crippen LogP contribution is -2.06. The zero-order valence-corrected chi connectivity index (χ0v) is 14.3. The molecule has 0 atom stereocenters. The molecule has 0 saturated carbocycles. The predicted molar refractivity (Wildman–Crippen MR) is 83.4 cm³/mol. The molecule has 0 N–H and O–H groups in total. The minimum Gasteiger partial charge on any atom is -0.493 e. The summed E-state index contributed by atoms with van der Waals surface area (Å²) in [5.74, 6) is 1.51.